The van der Waals surface area contributed by atoms with E-state index in [1.165, 1.54) is 30.7 Å². The molecule has 3 atom stereocenters. The molecule has 0 bridgehead atoms. The van der Waals surface area contributed by atoms with Gasteiger partial charge in [-0.25, -0.2) is 0 Å². The third kappa shape index (κ3) is 8.68. The van der Waals surface area contributed by atoms with Crippen molar-refractivity contribution in [2.75, 3.05) is 7.11 Å². The lowest BCUT2D eigenvalue weighted by atomic mass is 10.1. The van der Waals surface area contributed by atoms with Gasteiger partial charge in [0.05, 0.1) is 26.4 Å². The van der Waals surface area contributed by atoms with E-state index in [0.29, 0.717) is 21.9 Å². The van der Waals surface area contributed by atoms with Crippen LogP contribution in [0.2, 0.25) is 0 Å². The van der Waals surface area contributed by atoms with E-state index in [0.717, 1.165) is 0 Å². The van der Waals surface area contributed by atoms with E-state index in [1.54, 1.807) is 0 Å². The minimum absolute atomic E-state index is 0.190. The fourth-order valence-corrected chi connectivity index (χ4v) is 6.78. The summed E-state index contributed by atoms with van der Waals surface area (Å²) >= 11 is 0. The topological polar surface area (TPSA) is 196 Å². The Hall–Kier alpha value is -3.06. The van der Waals surface area contributed by atoms with Crippen molar-refractivity contribution >= 4 is 55.5 Å². The van der Waals surface area contributed by atoms with E-state index in [9.17, 15) is 34.2 Å². The Labute approximate surface area is 182 Å². The van der Waals surface area contributed by atoms with Gasteiger partial charge in [-0.3, -0.25) is 24.0 Å². The van der Waals surface area contributed by atoms with Gasteiger partial charge >= 0.3 is 29.8 Å². The van der Waals surface area contributed by atoms with Gasteiger partial charge in [0.15, 0.2) is 0 Å². The van der Waals surface area contributed by atoms with Crippen LogP contribution in [-0.4, -0.2) is 78.4 Å². The Morgan fingerprint density at radius 2 is 1.58 bits per heavy atom. The maximum Gasteiger partial charge on any atom is 0.318 e. The molecule has 170 valence electrons. The van der Waals surface area contributed by atoms with Gasteiger partial charge in [-0.2, -0.15) is 0 Å². The normalized spacial score (nSPS) is 13.7. The Morgan fingerprint density at radius 3 is 2.03 bits per heavy atom. The van der Waals surface area contributed by atoms with Crippen molar-refractivity contribution in [2.45, 2.75) is 29.8 Å². The molecule has 13 heteroatoms. The molecule has 0 amide bonds. The van der Waals surface area contributed by atoms with Crippen LogP contribution in [0.1, 0.15) is 24.0 Å². The highest BCUT2D eigenvalue weighted by Gasteiger charge is 2.31. The summed E-state index contributed by atoms with van der Waals surface area (Å²) in [6, 6.07) is 4.30. The van der Waals surface area contributed by atoms with Gasteiger partial charge in [0, 0.05) is 5.56 Å². The molecule has 0 aliphatic heterocycles. The first-order valence-electron chi connectivity index (χ1n) is 8.46. The largest absolute Gasteiger partial charge is 0.496 e. The van der Waals surface area contributed by atoms with Crippen molar-refractivity contribution in [1.29, 1.82) is 0 Å². The first kappa shape index (κ1) is 26.0. The predicted molar refractivity (Wildman–Crippen MR) is 112 cm³/mol. The van der Waals surface area contributed by atoms with E-state index in [2.05, 4.69) is 0 Å². The van der Waals surface area contributed by atoms with E-state index in [1.807, 2.05) is 0 Å². The summed E-state index contributed by atoms with van der Waals surface area (Å²) in [6.45, 7) is 0. The fraction of sp³-hybridized carbons (Fsp3) is 0.333. The van der Waals surface area contributed by atoms with Crippen LogP contribution in [0.15, 0.2) is 18.2 Å². The van der Waals surface area contributed by atoms with Crippen LogP contribution in [0.3, 0.4) is 0 Å². The summed E-state index contributed by atoms with van der Waals surface area (Å²) in [5, 5.41) is 44.1. The van der Waals surface area contributed by atoms with Gasteiger partial charge in [-0.05, 0) is 17.0 Å². The molecule has 3 unspecified atom stereocenters. The number of aliphatic carboxylic acids is 5. The monoisotopic (exact) mass is 476 g/mol. The van der Waals surface area contributed by atoms with Crippen LogP contribution in [0.4, 0.5) is 0 Å². The molecule has 1 aromatic carbocycles. The number of carbonyl (C=O) groups is 5. The van der Waals surface area contributed by atoms with Crippen molar-refractivity contribution in [3.8, 4) is 5.75 Å². The number of hydrogen-bond acceptors (Lipinski definition) is 7. The minimum Gasteiger partial charge on any atom is -0.496 e. The van der Waals surface area contributed by atoms with Gasteiger partial charge in [0.25, 0.3) is 0 Å². The first-order chi connectivity index (χ1) is 14.4. The van der Waals surface area contributed by atoms with Crippen LogP contribution in [0.25, 0.3) is 0 Å². The molecule has 0 radical (unpaired) electrons. The van der Waals surface area contributed by atoms with Crippen molar-refractivity contribution in [2.24, 2.45) is 0 Å². The number of rotatable bonds is 13. The van der Waals surface area contributed by atoms with Gasteiger partial charge in [-0.15, -0.1) is 9.52 Å². The fourth-order valence-electron chi connectivity index (χ4n) is 2.34. The summed E-state index contributed by atoms with van der Waals surface area (Å²) in [4.78, 5) is 56.2. The molecule has 0 aliphatic carbocycles. The molecule has 11 nitrogen and oxygen atoms in total. The van der Waals surface area contributed by atoms with Crippen molar-refractivity contribution in [1.82, 2.24) is 0 Å². The Morgan fingerprint density at radius 1 is 0.968 bits per heavy atom. The van der Waals surface area contributed by atoms with Gasteiger partial charge in [0.2, 0.25) is 0 Å². The number of carboxylic acid groups (broad SMARTS) is 5. The van der Waals surface area contributed by atoms with Crippen molar-refractivity contribution in [3.63, 3.8) is 0 Å². The van der Waals surface area contributed by atoms with Gasteiger partial charge in [-0.1, -0.05) is 22.9 Å². The molecule has 5 N–H and O–H groups in total. The first-order valence-corrected chi connectivity index (χ1v) is 11.2. The molecule has 0 aromatic heterocycles. The summed E-state index contributed by atoms with van der Waals surface area (Å²) < 4.78 is 5.14. The highest BCUT2D eigenvalue weighted by Crippen LogP contribution is 2.42. The molecule has 0 aliphatic rings. The summed E-state index contributed by atoms with van der Waals surface area (Å²) in [6.07, 6.45) is -1.94. The van der Waals surface area contributed by atoms with Crippen LogP contribution in [0, 0.1) is 0 Å². The molecule has 0 saturated heterocycles. The zero-order valence-electron chi connectivity index (χ0n) is 16.1. The molecule has 0 fully saturated rings. The Balaban J connectivity index is 3.49. The predicted octanol–water partition coefficient (Wildman–Crippen LogP) is 1.25. The second kappa shape index (κ2) is 12.0. The number of ether oxygens (including phenoxy) is 1. The maximum atomic E-state index is 11.7. The molecular formula is C18H20O11S2. The molecular weight excluding hydrogens is 456 g/mol. The standard InChI is InChI=1S/C18H20O11S2/c1-29-11-4-9(2-3-10(11)5-14(19)20)8-31(13(18(27)28)7-16(23)24)30-12(17(25)26)6-15(21)22/h2-4,8,12-13H,5-7H2,1H3,(H,19,20)(H,21,22)(H,23,24)(H,25,26)(H,27,28). The van der Waals surface area contributed by atoms with Crippen LogP contribution >= 0.6 is 20.3 Å². The minimum atomic E-state index is -1.56. The smallest absolute Gasteiger partial charge is 0.318 e. The van der Waals surface area contributed by atoms with E-state index in [-0.39, 0.29) is 12.2 Å². The number of carboxylic acids is 5. The van der Waals surface area contributed by atoms with Crippen LogP contribution in [0.5, 0.6) is 5.75 Å². The van der Waals surface area contributed by atoms with Crippen LogP contribution < -0.4 is 4.74 Å². The summed E-state index contributed by atoms with van der Waals surface area (Å²) in [5.74, 6) is -6.70. The van der Waals surface area contributed by atoms with E-state index in [4.69, 9.17) is 20.1 Å². The second-order valence-electron chi connectivity index (χ2n) is 6.03. The lowest BCUT2D eigenvalue weighted by Crippen LogP contribution is -2.25. The highest BCUT2D eigenvalue weighted by molar-refractivity contribution is 8.84. The van der Waals surface area contributed by atoms with Crippen molar-refractivity contribution in [3.05, 3.63) is 29.3 Å². The third-order valence-electron chi connectivity index (χ3n) is 3.68. The second-order valence-corrected chi connectivity index (χ2v) is 9.99. The Bertz CT molecular complexity index is 910. The zero-order valence-corrected chi connectivity index (χ0v) is 17.7. The third-order valence-corrected chi connectivity index (χ3v) is 8.29. The summed E-state index contributed by atoms with van der Waals surface area (Å²) in [5.41, 5.74) is 0.673. The molecule has 0 saturated carbocycles. The quantitative estimate of drug-likeness (QED) is 0.202. The number of methoxy groups -OCH3 is 1. The average Bonchev–Trinajstić information content (AvgIpc) is 2.64. The van der Waals surface area contributed by atoms with E-state index >= 15 is 0 Å². The summed E-state index contributed by atoms with van der Waals surface area (Å²) in [7, 11) is 0.280. The lowest BCUT2D eigenvalue weighted by molar-refractivity contribution is -0.143. The van der Waals surface area contributed by atoms with Gasteiger partial charge in [0.1, 0.15) is 16.2 Å². The molecule has 1 aromatic rings. The lowest BCUT2D eigenvalue weighted by Gasteiger charge is -2.19. The zero-order chi connectivity index (χ0) is 23.7. The Kier molecular flexibility index (Phi) is 10.0. The van der Waals surface area contributed by atoms with Crippen molar-refractivity contribution < 1.29 is 54.2 Å². The average molecular weight is 476 g/mol. The van der Waals surface area contributed by atoms with E-state index < -0.39 is 62.7 Å². The molecule has 0 heterocycles. The molecule has 1 rings (SSSR count). The molecule has 31 heavy (non-hydrogen) atoms. The SMILES string of the molecule is COc1cc(C=S(SC(CC(=O)O)C(=O)O)C(CC(=O)O)C(=O)O)ccc1CC(=O)O. The number of hydrogen-bond donors (Lipinski definition) is 5. The van der Waals surface area contributed by atoms with Gasteiger partial charge < -0.3 is 30.3 Å². The molecule has 0 spiro atoms. The maximum absolute atomic E-state index is 11.7. The number of benzene rings is 1. The highest BCUT2D eigenvalue weighted by atomic mass is 33.1. The van der Waals surface area contributed by atoms with Crippen LogP contribution in [-0.2, 0) is 30.4 Å².